The average molecular weight is 324 g/mol. The molecule has 0 aromatic carbocycles. The number of aryl methyl sites for hydroxylation is 1. The van der Waals surface area contributed by atoms with Gasteiger partial charge in [-0.05, 0) is 6.42 Å². The Morgan fingerprint density at radius 2 is 2.41 bits per heavy atom. The minimum atomic E-state index is 0.0393. The monoisotopic (exact) mass is 324 g/mol. The van der Waals surface area contributed by atoms with Crippen molar-refractivity contribution in [2.75, 3.05) is 45.9 Å². The molecule has 1 aromatic rings. The van der Waals surface area contributed by atoms with Gasteiger partial charge in [-0.1, -0.05) is 6.92 Å². The van der Waals surface area contributed by atoms with Crippen LogP contribution in [0.15, 0.2) is 6.20 Å². The average Bonchev–Trinajstić information content (AvgIpc) is 3.02. The minimum absolute atomic E-state index is 0.0393. The van der Waals surface area contributed by atoms with Gasteiger partial charge in [0.2, 0.25) is 0 Å². The van der Waals surface area contributed by atoms with Gasteiger partial charge < -0.3 is 15.0 Å². The highest BCUT2D eigenvalue weighted by Crippen LogP contribution is 2.15. The molecule has 1 atom stereocenters. The summed E-state index contributed by atoms with van der Waals surface area (Å²) in [7, 11) is 0. The molecule has 22 heavy (non-hydrogen) atoms. The number of carbonyl (C=O) groups excluding carboxylic acids is 1. The lowest BCUT2D eigenvalue weighted by Crippen LogP contribution is -2.60. The Labute approximate surface area is 135 Å². The zero-order valence-electron chi connectivity index (χ0n) is 13.1. The number of amides is 2. The summed E-state index contributed by atoms with van der Waals surface area (Å²) in [6.45, 7) is 7.85. The van der Waals surface area contributed by atoms with Gasteiger partial charge in [-0.15, -0.1) is 11.3 Å². The van der Waals surface area contributed by atoms with Gasteiger partial charge in [-0.2, -0.15) is 0 Å². The zero-order chi connectivity index (χ0) is 15.4. The first-order valence-corrected chi connectivity index (χ1v) is 8.86. The van der Waals surface area contributed by atoms with E-state index in [1.165, 1.54) is 4.88 Å². The third kappa shape index (κ3) is 3.77. The summed E-state index contributed by atoms with van der Waals surface area (Å²) in [5.41, 5.74) is 0. The van der Waals surface area contributed by atoms with Crippen LogP contribution in [-0.2, 0) is 17.6 Å². The van der Waals surface area contributed by atoms with Crippen LogP contribution in [0.4, 0.5) is 4.79 Å². The molecule has 0 radical (unpaired) electrons. The van der Waals surface area contributed by atoms with E-state index in [0.717, 1.165) is 57.2 Å². The molecular weight excluding hydrogens is 300 g/mol. The van der Waals surface area contributed by atoms with E-state index in [9.17, 15) is 4.79 Å². The number of piperazine rings is 1. The Morgan fingerprint density at radius 1 is 1.50 bits per heavy atom. The van der Waals surface area contributed by atoms with E-state index in [4.69, 9.17) is 4.74 Å². The molecule has 0 aliphatic carbocycles. The standard InChI is InChI=1S/C15H24N4O2S/c1-2-13-9-17-14(22-13)3-4-16-15(20)19-6-5-18-7-8-21-11-12(18)10-19/h9,12H,2-8,10-11H2,1H3,(H,16,20)/t12-/m0/s1. The van der Waals surface area contributed by atoms with E-state index in [0.29, 0.717) is 12.6 Å². The van der Waals surface area contributed by atoms with Gasteiger partial charge in [-0.3, -0.25) is 4.90 Å². The van der Waals surface area contributed by atoms with Crippen molar-refractivity contribution < 1.29 is 9.53 Å². The first kappa shape index (κ1) is 15.7. The van der Waals surface area contributed by atoms with Crippen LogP contribution in [0, 0.1) is 0 Å². The molecule has 2 saturated heterocycles. The smallest absolute Gasteiger partial charge is 0.317 e. The van der Waals surface area contributed by atoms with Crippen LogP contribution in [0.1, 0.15) is 16.8 Å². The number of ether oxygens (including phenoxy) is 1. The van der Waals surface area contributed by atoms with Crippen LogP contribution in [-0.4, -0.2) is 72.8 Å². The number of nitrogens with zero attached hydrogens (tertiary/aromatic N) is 3. The van der Waals surface area contributed by atoms with E-state index >= 15 is 0 Å². The van der Waals surface area contributed by atoms with Gasteiger partial charge in [0.1, 0.15) is 0 Å². The number of urea groups is 1. The van der Waals surface area contributed by atoms with Crippen molar-refractivity contribution in [3.05, 3.63) is 16.1 Å². The topological polar surface area (TPSA) is 57.7 Å². The molecule has 0 spiro atoms. The number of rotatable bonds is 4. The molecule has 2 amide bonds. The predicted molar refractivity (Wildman–Crippen MR) is 86.3 cm³/mol. The molecule has 0 saturated carbocycles. The number of morpholine rings is 1. The second-order valence-electron chi connectivity index (χ2n) is 5.77. The maximum absolute atomic E-state index is 12.3. The number of aromatic nitrogens is 1. The minimum Gasteiger partial charge on any atom is -0.378 e. The predicted octanol–water partition coefficient (Wildman–Crippen LogP) is 0.974. The molecule has 2 aliphatic heterocycles. The number of carbonyl (C=O) groups is 1. The summed E-state index contributed by atoms with van der Waals surface area (Å²) in [4.78, 5) is 22.3. The third-order valence-electron chi connectivity index (χ3n) is 4.29. The molecule has 3 rings (SSSR count). The van der Waals surface area contributed by atoms with Gasteiger partial charge in [0.05, 0.1) is 24.3 Å². The largest absolute Gasteiger partial charge is 0.378 e. The molecular formula is C15H24N4O2S. The quantitative estimate of drug-likeness (QED) is 0.897. The lowest BCUT2D eigenvalue weighted by molar-refractivity contribution is -0.0364. The SMILES string of the molecule is CCc1cnc(CCNC(=O)N2CCN3CCOC[C@@H]3C2)s1. The number of hydrogen-bond donors (Lipinski definition) is 1. The second kappa shape index (κ2) is 7.39. The van der Waals surface area contributed by atoms with Crippen LogP contribution >= 0.6 is 11.3 Å². The first-order chi connectivity index (χ1) is 10.8. The van der Waals surface area contributed by atoms with E-state index in [2.05, 4.69) is 22.1 Å². The highest BCUT2D eigenvalue weighted by Gasteiger charge is 2.31. The summed E-state index contributed by atoms with van der Waals surface area (Å²) < 4.78 is 5.51. The molecule has 1 aromatic heterocycles. The van der Waals surface area contributed by atoms with Gasteiger partial charge >= 0.3 is 6.03 Å². The van der Waals surface area contributed by atoms with E-state index in [1.54, 1.807) is 11.3 Å². The number of nitrogens with one attached hydrogen (secondary N) is 1. The molecule has 2 fully saturated rings. The maximum atomic E-state index is 12.3. The van der Waals surface area contributed by atoms with Crippen LogP contribution < -0.4 is 5.32 Å². The Balaban J connectivity index is 1.42. The molecule has 3 heterocycles. The van der Waals surface area contributed by atoms with Crippen molar-refractivity contribution in [1.29, 1.82) is 0 Å². The zero-order valence-corrected chi connectivity index (χ0v) is 13.9. The first-order valence-electron chi connectivity index (χ1n) is 8.04. The fourth-order valence-corrected chi connectivity index (χ4v) is 3.81. The van der Waals surface area contributed by atoms with Crippen molar-refractivity contribution in [3.63, 3.8) is 0 Å². The molecule has 6 nitrogen and oxygen atoms in total. The van der Waals surface area contributed by atoms with E-state index < -0.39 is 0 Å². The molecule has 7 heteroatoms. The Hall–Kier alpha value is -1.18. The van der Waals surface area contributed by atoms with Crippen molar-refractivity contribution in [1.82, 2.24) is 20.1 Å². The molecule has 2 aliphatic rings. The molecule has 122 valence electrons. The van der Waals surface area contributed by atoms with Crippen LogP contribution in [0.2, 0.25) is 0 Å². The highest BCUT2D eigenvalue weighted by molar-refractivity contribution is 7.11. The summed E-state index contributed by atoms with van der Waals surface area (Å²) >= 11 is 1.74. The summed E-state index contributed by atoms with van der Waals surface area (Å²) in [6.07, 6.45) is 3.77. The highest BCUT2D eigenvalue weighted by atomic mass is 32.1. The summed E-state index contributed by atoms with van der Waals surface area (Å²) in [5.74, 6) is 0. The van der Waals surface area contributed by atoms with Crippen molar-refractivity contribution >= 4 is 17.4 Å². The summed E-state index contributed by atoms with van der Waals surface area (Å²) in [5, 5.41) is 4.12. The van der Waals surface area contributed by atoms with Crippen LogP contribution in [0.3, 0.4) is 0 Å². The molecule has 1 N–H and O–H groups in total. The lowest BCUT2D eigenvalue weighted by atomic mass is 10.1. The number of hydrogen-bond acceptors (Lipinski definition) is 5. The molecule has 0 unspecified atom stereocenters. The lowest BCUT2D eigenvalue weighted by Gasteiger charge is -2.43. The fraction of sp³-hybridized carbons (Fsp3) is 0.733. The maximum Gasteiger partial charge on any atom is 0.317 e. The van der Waals surface area contributed by atoms with Gasteiger partial charge in [0, 0.05) is 50.2 Å². The van der Waals surface area contributed by atoms with E-state index in [1.807, 2.05) is 11.1 Å². The van der Waals surface area contributed by atoms with Crippen LogP contribution in [0.25, 0.3) is 0 Å². The molecule has 0 bridgehead atoms. The van der Waals surface area contributed by atoms with Crippen molar-refractivity contribution in [2.24, 2.45) is 0 Å². The normalized spacial score (nSPS) is 22.4. The van der Waals surface area contributed by atoms with Gasteiger partial charge in [0.25, 0.3) is 0 Å². The van der Waals surface area contributed by atoms with E-state index in [-0.39, 0.29) is 6.03 Å². The van der Waals surface area contributed by atoms with Crippen LogP contribution in [0.5, 0.6) is 0 Å². The summed E-state index contributed by atoms with van der Waals surface area (Å²) in [6, 6.07) is 0.400. The van der Waals surface area contributed by atoms with Crippen molar-refractivity contribution in [3.8, 4) is 0 Å². The Morgan fingerprint density at radius 3 is 3.23 bits per heavy atom. The van der Waals surface area contributed by atoms with Gasteiger partial charge in [-0.25, -0.2) is 9.78 Å². The second-order valence-corrected chi connectivity index (χ2v) is 6.97. The Bertz CT molecular complexity index is 507. The number of thiazole rings is 1. The fourth-order valence-electron chi connectivity index (χ4n) is 2.95. The van der Waals surface area contributed by atoms with Gasteiger partial charge in [0.15, 0.2) is 0 Å². The number of fused-ring (bicyclic) bond motifs is 1. The van der Waals surface area contributed by atoms with Crippen molar-refractivity contribution in [2.45, 2.75) is 25.8 Å². The third-order valence-corrected chi connectivity index (χ3v) is 5.49. The Kier molecular flexibility index (Phi) is 5.28.